The van der Waals surface area contributed by atoms with Gasteiger partial charge in [-0.3, -0.25) is 14.4 Å². The number of thiazole rings is 1. The van der Waals surface area contributed by atoms with E-state index in [0.29, 0.717) is 37.7 Å². The van der Waals surface area contributed by atoms with Gasteiger partial charge >= 0.3 is 6.09 Å². The van der Waals surface area contributed by atoms with Gasteiger partial charge in [0.25, 0.3) is 5.91 Å². The zero-order valence-electron chi connectivity index (χ0n) is 14.2. The molecule has 26 heavy (non-hydrogen) atoms. The van der Waals surface area contributed by atoms with Gasteiger partial charge in [-0.1, -0.05) is 0 Å². The van der Waals surface area contributed by atoms with Gasteiger partial charge in [0.2, 0.25) is 11.8 Å². The predicted octanol–water partition coefficient (Wildman–Crippen LogP) is 0.0180. The van der Waals surface area contributed by atoms with Gasteiger partial charge in [0, 0.05) is 50.6 Å². The summed E-state index contributed by atoms with van der Waals surface area (Å²) in [6, 6.07) is 0. The minimum absolute atomic E-state index is 0.0581. The molecule has 0 radical (unpaired) electrons. The molecule has 11 heteroatoms. The van der Waals surface area contributed by atoms with Crippen LogP contribution in [0.1, 0.15) is 19.3 Å². The molecule has 0 aromatic carbocycles. The molecule has 10 nitrogen and oxygen atoms in total. The zero-order valence-corrected chi connectivity index (χ0v) is 15.0. The Hall–Kier alpha value is -2.69. The standard InChI is InChI=1S/C15H21N5O5S/c16-11(21)10-25-15(24)20-7-5-19(6-8-20)13(23)3-1-2-12(22)18-14-17-4-9-26-14/h4,9H,1-3,5-8,10H2,(H2,16,21)(H,17,18,22). The van der Waals surface area contributed by atoms with Crippen molar-refractivity contribution in [2.75, 3.05) is 38.1 Å². The number of ether oxygens (including phenoxy) is 1. The molecule has 1 aliphatic heterocycles. The van der Waals surface area contributed by atoms with Crippen LogP contribution in [0.2, 0.25) is 0 Å². The number of anilines is 1. The molecule has 0 spiro atoms. The SMILES string of the molecule is NC(=O)COC(=O)N1CCN(C(=O)CCCC(=O)Nc2nccs2)CC1. The summed E-state index contributed by atoms with van der Waals surface area (Å²) >= 11 is 1.33. The summed E-state index contributed by atoms with van der Waals surface area (Å²) < 4.78 is 4.73. The Morgan fingerprint density at radius 1 is 1.15 bits per heavy atom. The van der Waals surface area contributed by atoms with E-state index in [1.807, 2.05) is 0 Å². The van der Waals surface area contributed by atoms with Crippen molar-refractivity contribution in [1.82, 2.24) is 14.8 Å². The van der Waals surface area contributed by atoms with Crippen molar-refractivity contribution >= 4 is 40.3 Å². The number of nitrogens with zero attached hydrogens (tertiary/aromatic N) is 3. The molecule has 3 N–H and O–H groups in total. The Labute approximate surface area is 154 Å². The van der Waals surface area contributed by atoms with Crippen molar-refractivity contribution in [2.45, 2.75) is 19.3 Å². The van der Waals surface area contributed by atoms with Crippen LogP contribution in [0.25, 0.3) is 0 Å². The van der Waals surface area contributed by atoms with Crippen molar-refractivity contribution in [1.29, 1.82) is 0 Å². The molecule has 0 atom stereocenters. The van der Waals surface area contributed by atoms with Gasteiger partial charge in [-0.2, -0.15) is 0 Å². The minimum atomic E-state index is -0.717. The Balaban J connectivity index is 1.62. The van der Waals surface area contributed by atoms with Crippen LogP contribution in [0, 0.1) is 0 Å². The average Bonchev–Trinajstić information content (AvgIpc) is 3.12. The van der Waals surface area contributed by atoms with Gasteiger partial charge in [0.15, 0.2) is 11.7 Å². The van der Waals surface area contributed by atoms with E-state index in [1.54, 1.807) is 16.5 Å². The monoisotopic (exact) mass is 383 g/mol. The lowest BCUT2D eigenvalue weighted by molar-refractivity contribution is -0.132. The van der Waals surface area contributed by atoms with Crippen molar-refractivity contribution < 1.29 is 23.9 Å². The fourth-order valence-corrected chi connectivity index (χ4v) is 2.93. The van der Waals surface area contributed by atoms with E-state index in [2.05, 4.69) is 10.3 Å². The van der Waals surface area contributed by atoms with Crippen LogP contribution < -0.4 is 11.1 Å². The molecule has 0 bridgehead atoms. The van der Waals surface area contributed by atoms with Crippen LogP contribution in [-0.4, -0.2) is 71.4 Å². The van der Waals surface area contributed by atoms with E-state index in [4.69, 9.17) is 10.5 Å². The molecule has 1 saturated heterocycles. The number of nitrogens with one attached hydrogen (secondary N) is 1. The van der Waals surface area contributed by atoms with E-state index < -0.39 is 18.6 Å². The predicted molar refractivity (Wildman–Crippen MR) is 93.3 cm³/mol. The van der Waals surface area contributed by atoms with Gasteiger partial charge in [-0.05, 0) is 6.42 Å². The summed E-state index contributed by atoms with van der Waals surface area (Å²) in [6.07, 6.45) is 1.93. The number of piperazine rings is 1. The number of nitrogens with two attached hydrogens (primary N) is 1. The smallest absolute Gasteiger partial charge is 0.410 e. The maximum atomic E-state index is 12.2. The molecular weight excluding hydrogens is 362 g/mol. The van der Waals surface area contributed by atoms with Crippen LogP contribution in [0.3, 0.4) is 0 Å². The van der Waals surface area contributed by atoms with Crippen LogP contribution in [0.5, 0.6) is 0 Å². The number of hydrogen-bond donors (Lipinski definition) is 2. The van der Waals surface area contributed by atoms with Crippen molar-refractivity contribution in [2.24, 2.45) is 5.73 Å². The summed E-state index contributed by atoms with van der Waals surface area (Å²) in [5.74, 6) is -0.946. The molecule has 1 aromatic heterocycles. The average molecular weight is 383 g/mol. The second kappa shape index (κ2) is 9.70. The lowest BCUT2D eigenvalue weighted by atomic mass is 10.2. The Morgan fingerprint density at radius 3 is 2.46 bits per heavy atom. The quantitative estimate of drug-likeness (QED) is 0.681. The molecule has 1 fully saturated rings. The van der Waals surface area contributed by atoms with E-state index in [-0.39, 0.29) is 24.7 Å². The van der Waals surface area contributed by atoms with E-state index in [9.17, 15) is 19.2 Å². The molecule has 0 aliphatic carbocycles. The fourth-order valence-electron chi connectivity index (χ4n) is 2.39. The number of aromatic nitrogens is 1. The van der Waals surface area contributed by atoms with Crippen LogP contribution in [0.15, 0.2) is 11.6 Å². The Morgan fingerprint density at radius 2 is 1.85 bits per heavy atom. The summed E-state index contributed by atoms with van der Waals surface area (Å²) in [4.78, 5) is 53.3. The second-order valence-corrected chi connectivity index (χ2v) is 6.52. The lowest BCUT2D eigenvalue weighted by Gasteiger charge is -2.34. The minimum Gasteiger partial charge on any atom is -0.439 e. The normalized spacial score (nSPS) is 14.0. The fraction of sp³-hybridized carbons (Fsp3) is 0.533. The molecule has 1 aliphatic rings. The van der Waals surface area contributed by atoms with E-state index in [0.717, 1.165) is 0 Å². The number of primary amides is 1. The third-order valence-corrected chi connectivity index (χ3v) is 4.39. The number of hydrogen-bond acceptors (Lipinski definition) is 7. The highest BCUT2D eigenvalue weighted by Gasteiger charge is 2.25. The zero-order chi connectivity index (χ0) is 18.9. The number of rotatable bonds is 7. The molecule has 2 rings (SSSR count). The van der Waals surface area contributed by atoms with Crippen LogP contribution in [0.4, 0.5) is 9.93 Å². The Kier molecular flexibility index (Phi) is 7.33. The van der Waals surface area contributed by atoms with Gasteiger partial charge < -0.3 is 25.6 Å². The highest BCUT2D eigenvalue weighted by Crippen LogP contribution is 2.12. The molecule has 1 aromatic rings. The third kappa shape index (κ3) is 6.31. The van der Waals surface area contributed by atoms with Crippen molar-refractivity contribution in [3.8, 4) is 0 Å². The van der Waals surface area contributed by atoms with E-state index in [1.165, 1.54) is 16.2 Å². The summed E-state index contributed by atoms with van der Waals surface area (Å²) in [7, 11) is 0. The first-order chi connectivity index (χ1) is 12.5. The molecule has 142 valence electrons. The first-order valence-corrected chi connectivity index (χ1v) is 9.01. The van der Waals surface area contributed by atoms with Gasteiger partial charge in [0.1, 0.15) is 0 Å². The van der Waals surface area contributed by atoms with Crippen LogP contribution >= 0.6 is 11.3 Å². The van der Waals surface area contributed by atoms with Gasteiger partial charge in [-0.25, -0.2) is 9.78 Å². The number of amides is 4. The van der Waals surface area contributed by atoms with Crippen molar-refractivity contribution in [3.63, 3.8) is 0 Å². The summed E-state index contributed by atoms with van der Waals surface area (Å²) in [5.41, 5.74) is 4.92. The maximum absolute atomic E-state index is 12.2. The van der Waals surface area contributed by atoms with E-state index >= 15 is 0 Å². The Bertz CT molecular complexity index is 643. The second-order valence-electron chi connectivity index (χ2n) is 5.63. The molecular formula is C15H21N5O5S. The highest BCUT2D eigenvalue weighted by atomic mass is 32.1. The molecule has 2 heterocycles. The van der Waals surface area contributed by atoms with Crippen molar-refractivity contribution in [3.05, 3.63) is 11.6 Å². The third-order valence-electron chi connectivity index (χ3n) is 3.70. The summed E-state index contributed by atoms with van der Waals surface area (Å²) in [6.45, 7) is 0.967. The largest absolute Gasteiger partial charge is 0.439 e. The van der Waals surface area contributed by atoms with Crippen LogP contribution in [-0.2, 0) is 19.1 Å². The topological polar surface area (TPSA) is 135 Å². The summed E-state index contributed by atoms with van der Waals surface area (Å²) in [5, 5.41) is 4.97. The maximum Gasteiger partial charge on any atom is 0.410 e. The van der Waals surface area contributed by atoms with Gasteiger partial charge in [0.05, 0.1) is 0 Å². The molecule has 0 saturated carbocycles. The first kappa shape index (κ1) is 19.6. The molecule has 0 unspecified atom stereocenters. The first-order valence-electron chi connectivity index (χ1n) is 8.13. The number of carbonyl (C=O) groups is 4. The lowest BCUT2D eigenvalue weighted by Crippen LogP contribution is -2.51. The molecule has 4 amide bonds. The highest BCUT2D eigenvalue weighted by molar-refractivity contribution is 7.13. The number of carbonyl (C=O) groups excluding carboxylic acids is 4. The van der Waals surface area contributed by atoms with Gasteiger partial charge in [-0.15, -0.1) is 11.3 Å².